The number of halogens is 1. The molecule has 6 nitrogen and oxygen atoms in total. The van der Waals surface area contributed by atoms with Crippen LogP contribution in [-0.2, 0) is 6.42 Å². The van der Waals surface area contributed by atoms with Gasteiger partial charge in [-0.05, 0) is 18.2 Å². The monoisotopic (exact) mass is 309 g/mol. The second-order valence-corrected chi connectivity index (χ2v) is 5.02. The van der Waals surface area contributed by atoms with Crippen LogP contribution in [0.3, 0.4) is 0 Å². The average molecular weight is 309 g/mol. The SMILES string of the molecule is O=C(NCCc1nc(C(=O)O)cs1)Nc1cccc(F)c1. The molecular weight excluding hydrogens is 297 g/mol. The van der Waals surface area contributed by atoms with E-state index in [0.29, 0.717) is 23.7 Å². The van der Waals surface area contributed by atoms with Crippen LogP contribution in [0.25, 0.3) is 0 Å². The molecule has 0 unspecified atom stereocenters. The first-order valence-electron chi connectivity index (χ1n) is 6.03. The number of benzene rings is 1. The zero-order valence-corrected chi connectivity index (χ0v) is 11.6. The lowest BCUT2D eigenvalue weighted by Crippen LogP contribution is -2.30. The Morgan fingerprint density at radius 1 is 1.38 bits per heavy atom. The first-order chi connectivity index (χ1) is 10.0. The van der Waals surface area contributed by atoms with E-state index >= 15 is 0 Å². The van der Waals surface area contributed by atoms with E-state index in [1.54, 1.807) is 6.07 Å². The molecule has 0 spiro atoms. The summed E-state index contributed by atoms with van der Waals surface area (Å²) in [7, 11) is 0. The second-order valence-electron chi connectivity index (χ2n) is 4.07. The Morgan fingerprint density at radius 2 is 2.19 bits per heavy atom. The minimum absolute atomic E-state index is 0.000729. The van der Waals surface area contributed by atoms with Crippen molar-refractivity contribution in [1.82, 2.24) is 10.3 Å². The van der Waals surface area contributed by atoms with Crippen molar-refractivity contribution in [1.29, 1.82) is 0 Å². The van der Waals surface area contributed by atoms with Crippen molar-refractivity contribution in [2.75, 3.05) is 11.9 Å². The summed E-state index contributed by atoms with van der Waals surface area (Å²) < 4.78 is 12.9. The van der Waals surface area contributed by atoms with Crippen LogP contribution in [0.2, 0.25) is 0 Å². The fourth-order valence-electron chi connectivity index (χ4n) is 1.55. The fourth-order valence-corrected chi connectivity index (χ4v) is 2.32. The van der Waals surface area contributed by atoms with Gasteiger partial charge in [-0.1, -0.05) is 6.07 Å². The normalized spacial score (nSPS) is 10.1. The number of rotatable bonds is 5. The molecule has 2 rings (SSSR count). The van der Waals surface area contributed by atoms with Gasteiger partial charge in [0.05, 0.1) is 5.01 Å². The molecule has 2 aromatic rings. The van der Waals surface area contributed by atoms with Crippen molar-refractivity contribution >= 4 is 29.0 Å². The third kappa shape index (κ3) is 4.53. The molecule has 2 amide bonds. The summed E-state index contributed by atoms with van der Waals surface area (Å²) in [5.74, 6) is -1.51. The highest BCUT2D eigenvalue weighted by Crippen LogP contribution is 2.10. The Hall–Kier alpha value is -2.48. The number of amides is 2. The summed E-state index contributed by atoms with van der Waals surface area (Å²) in [5, 5.41) is 15.9. The predicted molar refractivity (Wildman–Crippen MR) is 76.2 cm³/mol. The van der Waals surface area contributed by atoms with Gasteiger partial charge in [0.15, 0.2) is 5.69 Å². The van der Waals surface area contributed by atoms with Gasteiger partial charge in [0.1, 0.15) is 5.82 Å². The summed E-state index contributed by atoms with van der Waals surface area (Å²) >= 11 is 1.22. The van der Waals surface area contributed by atoms with Crippen LogP contribution in [0.15, 0.2) is 29.6 Å². The minimum atomic E-state index is -1.07. The zero-order valence-electron chi connectivity index (χ0n) is 10.8. The number of hydrogen-bond acceptors (Lipinski definition) is 4. The third-order valence-electron chi connectivity index (χ3n) is 2.48. The number of carboxylic acids is 1. The molecule has 0 saturated heterocycles. The molecule has 0 aliphatic heterocycles. The lowest BCUT2D eigenvalue weighted by atomic mass is 10.3. The first-order valence-corrected chi connectivity index (χ1v) is 6.90. The van der Waals surface area contributed by atoms with Crippen LogP contribution in [-0.4, -0.2) is 28.6 Å². The van der Waals surface area contributed by atoms with Gasteiger partial charge in [0, 0.05) is 24.0 Å². The summed E-state index contributed by atoms with van der Waals surface area (Å²) in [6, 6.07) is 5.09. The van der Waals surface area contributed by atoms with Gasteiger partial charge in [0.25, 0.3) is 0 Å². The van der Waals surface area contributed by atoms with Gasteiger partial charge in [-0.3, -0.25) is 0 Å². The average Bonchev–Trinajstić information content (AvgIpc) is 2.87. The van der Waals surface area contributed by atoms with Gasteiger partial charge in [-0.15, -0.1) is 11.3 Å². The standard InChI is InChI=1S/C13H12FN3O3S/c14-8-2-1-3-9(6-8)16-13(20)15-5-4-11-17-10(7-21-11)12(18)19/h1-3,6-7H,4-5H2,(H,18,19)(H2,15,16,20). The number of hydrogen-bond donors (Lipinski definition) is 3. The van der Waals surface area contributed by atoms with Crippen molar-refractivity contribution in [3.63, 3.8) is 0 Å². The molecule has 0 aliphatic carbocycles. The van der Waals surface area contributed by atoms with Crippen LogP contribution in [0, 0.1) is 5.82 Å². The molecule has 0 saturated carbocycles. The molecule has 0 radical (unpaired) electrons. The van der Waals surface area contributed by atoms with Crippen molar-refractivity contribution in [2.45, 2.75) is 6.42 Å². The molecule has 8 heteroatoms. The van der Waals surface area contributed by atoms with Gasteiger partial charge in [-0.2, -0.15) is 0 Å². The van der Waals surface area contributed by atoms with Crippen LogP contribution >= 0.6 is 11.3 Å². The van der Waals surface area contributed by atoms with E-state index < -0.39 is 17.8 Å². The molecule has 0 fully saturated rings. The summed E-state index contributed by atoms with van der Waals surface area (Å²) in [5.41, 5.74) is 0.356. The molecule has 0 bridgehead atoms. The highest BCUT2D eigenvalue weighted by atomic mass is 32.1. The summed E-state index contributed by atoms with van der Waals surface area (Å²) in [6.45, 7) is 0.299. The molecule has 3 N–H and O–H groups in total. The number of nitrogens with zero attached hydrogens (tertiary/aromatic N) is 1. The number of aromatic carboxylic acids is 1. The number of carbonyl (C=O) groups is 2. The zero-order chi connectivity index (χ0) is 15.2. The Bertz CT molecular complexity index is 660. The molecule has 110 valence electrons. The van der Waals surface area contributed by atoms with E-state index in [4.69, 9.17) is 5.11 Å². The molecule has 1 aromatic carbocycles. The molecule has 1 aromatic heterocycles. The quantitative estimate of drug-likeness (QED) is 0.790. The Balaban J connectivity index is 1.77. The van der Waals surface area contributed by atoms with E-state index in [1.165, 1.54) is 34.9 Å². The first kappa shape index (κ1) is 14.9. The summed E-state index contributed by atoms with van der Waals surface area (Å²) in [6.07, 6.45) is 0.425. The molecular formula is C13H12FN3O3S. The Morgan fingerprint density at radius 3 is 2.86 bits per heavy atom. The van der Waals surface area contributed by atoms with E-state index in [9.17, 15) is 14.0 Å². The maximum absolute atomic E-state index is 12.9. The number of thiazole rings is 1. The number of urea groups is 1. The van der Waals surface area contributed by atoms with Gasteiger partial charge in [-0.25, -0.2) is 19.0 Å². The van der Waals surface area contributed by atoms with Crippen molar-refractivity contribution in [2.24, 2.45) is 0 Å². The lowest BCUT2D eigenvalue weighted by molar-refractivity contribution is 0.0691. The van der Waals surface area contributed by atoms with Crippen LogP contribution in [0.4, 0.5) is 14.9 Å². The van der Waals surface area contributed by atoms with Gasteiger partial charge in [0.2, 0.25) is 0 Å². The molecule has 0 aliphatic rings. The third-order valence-corrected chi connectivity index (χ3v) is 3.39. The minimum Gasteiger partial charge on any atom is -0.476 e. The Kier molecular flexibility index (Phi) is 4.83. The van der Waals surface area contributed by atoms with E-state index in [0.717, 1.165) is 0 Å². The van der Waals surface area contributed by atoms with Crippen LogP contribution in [0.5, 0.6) is 0 Å². The molecule has 0 atom stereocenters. The van der Waals surface area contributed by atoms with Gasteiger partial charge < -0.3 is 15.7 Å². The maximum atomic E-state index is 12.9. The van der Waals surface area contributed by atoms with Crippen molar-refractivity contribution in [3.05, 3.63) is 46.2 Å². The summed E-state index contributed by atoms with van der Waals surface area (Å²) in [4.78, 5) is 26.1. The largest absolute Gasteiger partial charge is 0.476 e. The van der Waals surface area contributed by atoms with E-state index in [1.807, 2.05) is 0 Å². The number of carboxylic acid groups (broad SMARTS) is 1. The van der Waals surface area contributed by atoms with E-state index in [-0.39, 0.29) is 5.69 Å². The number of anilines is 1. The molecule has 21 heavy (non-hydrogen) atoms. The number of nitrogens with one attached hydrogen (secondary N) is 2. The number of carbonyl (C=O) groups excluding carboxylic acids is 1. The Labute approximate surface area is 123 Å². The predicted octanol–water partition coefficient (Wildman–Crippen LogP) is 2.34. The maximum Gasteiger partial charge on any atom is 0.355 e. The highest BCUT2D eigenvalue weighted by molar-refractivity contribution is 7.09. The highest BCUT2D eigenvalue weighted by Gasteiger charge is 2.08. The van der Waals surface area contributed by atoms with Crippen LogP contribution < -0.4 is 10.6 Å². The van der Waals surface area contributed by atoms with Crippen molar-refractivity contribution in [3.8, 4) is 0 Å². The lowest BCUT2D eigenvalue weighted by Gasteiger charge is -2.06. The fraction of sp³-hybridized carbons (Fsp3) is 0.154. The molecule has 1 heterocycles. The smallest absolute Gasteiger partial charge is 0.355 e. The second kappa shape index (κ2) is 6.80. The van der Waals surface area contributed by atoms with E-state index in [2.05, 4.69) is 15.6 Å². The number of aromatic nitrogens is 1. The van der Waals surface area contributed by atoms with Crippen LogP contribution in [0.1, 0.15) is 15.5 Å². The van der Waals surface area contributed by atoms with Gasteiger partial charge >= 0.3 is 12.0 Å². The topological polar surface area (TPSA) is 91.3 Å². The van der Waals surface area contributed by atoms with Crippen molar-refractivity contribution < 1.29 is 19.1 Å².